The van der Waals surface area contributed by atoms with Crippen LogP contribution >= 0.6 is 0 Å². The molecule has 1 amide bonds. The van der Waals surface area contributed by atoms with E-state index < -0.39 is 35.8 Å². The highest BCUT2D eigenvalue weighted by molar-refractivity contribution is 6.02. The lowest BCUT2D eigenvalue weighted by Gasteiger charge is -2.30. The van der Waals surface area contributed by atoms with Crippen molar-refractivity contribution in [2.45, 2.75) is 25.9 Å². The number of carbonyl (C=O) groups is 4. The largest absolute Gasteiger partial charge is 0.497 e. The summed E-state index contributed by atoms with van der Waals surface area (Å²) in [5, 5.41) is 0. The maximum atomic E-state index is 13.2. The van der Waals surface area contributed by atoms with Crippen molar-refractivity contribution in [1.82, 2.24) is 4.90 Å². The zero-order chi connectivity index (χ0) is 22.7. The monoisotopic (exact) mass is 419 g/mol. The van der Waals surface area contributed by atoms with Crippen LogP contribution in [0, 0.1) is 18.3 Å². The number of amides is 1. The minimum Gasteiger partial charge on any atom is -0.497 e. The lowest BCUT2D eigenvalue weighted by molar-refractivity contribution is -0.166. The van der Waals surface area contributed by atoms with E-state index in [0.29, 0.717) is 11.3 Å². The third-order valence-electron chi connectivity index (χ3n) is 4.17. The summed E-state index contributed by atoms with van der Waals surface area (Å²) in [6.45, 7) is 1.02. The highest BCUT2D eigenvalue weighted by Crippen LogP contribution is 2.19. The van der Waals surface area contributed by atoms with Crippen LogP contribution in [-0.4, -0.2) is 62.7 Å². The molecule has 0 fully saturated rings. The second-order valence-corrected chi connectivity index (χ2v) is 6.11. The van der Waals surface area contributed by atoms with Crippen LogP contribution < -0.4 is 4.74 Å². The van der Waals surface area contributed by atoms with Crippen LogP contribution in [-0.2, 0) is 39.9 Å². The van der Waals surface area contributed by atoms with Crippen molar-refractivity contribution in [3.8, 4) is 18.1 Å². The van der Waals surface area contributed by atoms with Crippen molar-refractivity contribution in [2.24, 2.45) is 5.92 Å². The Bertz CT molecular complexity index is 780. The first-order chi connectivity index (χ1) is 14.3. The smallest absolute Gasteiger partial charge is 0.340 e. The second kappa shape index (κ2) is 12.1. The van der Waals surface area contributed by atoms with Crippen LogP contribution in [0.15, 0.2) is 24.3 Å². The van der Waals surface area contributed by atoms with Gasteiger partial charge in [-0.25, -0.2) is 9.59 Å². The van der Waals surface area contributed by atoms with Gasteiger partial charge in [-0.05, 0) is 17.7 Å². The van der Waals surface area contributed by atoms with E-state index in [4.69, 9.17) is 25.4 Å². The topological polar surface area (TPSA) is 108 Å². The van der Waals surface area contributed by atoms with Gasteiger partial charge in [-0.3, -0.25) is 9.59 Å². The zero-order valence-corrected chi connectivity index (χ0v) is 17.4. The van der Waals surface area contributed by atoms with Gasteiger partial charge in [-0.2, -0.15) is 0 Å². The Morgan fingerprint density at radius 3 is 2.03 bits per heavy atom. The predicted molar refractivity (Wildman–Crippen MR) is 105 cm³/mol. The molecule has 0 aliphatic rings. The van der Waals surface area contributed by atoms with E-state index in [0.717, 1.165) is 19.1 Å². The molecule has 0 spiro atoms. The first-order valence-corrected chi connectivity index (χ1v) is 8.97. The number of methoxy groups -OCH3 is 3. The van der Waals surface area contributed by atoms with E-state index in [1.54, 1.807) is 24.3 Å². The van der Waals surface area contributed by atoms with Crippen LogP contribution in [0.5, 0.6) is 5.75 Å². The third-order valence-corrected chi connectivity index (χ3v) is 4.17. The van der Waals surface area contributed by atoms with Crippen molar-refractivity contribution in [2.75, 3.05) is 27.9 Å². The van der Waals surface area contributed by atoms with E-state index in [1.165, 1.54) is 14.0 Å². The summed E-state index contributed by atoms with van der Waals surface area (Å²) in [6.07, 6.45) is 5.51. The first kappa shape index (κ1) is 24.5. The lowest BCUT2D eigenvalue weighted by atomic mass is 10.0. The van der Waals surface area contributed by atoms with E-state index >= 15 is 0 Å². The Labute approximate surface area is 175 Å². The van der Waals surface area contributed by atoms with E-state index in [9.17, 15) is 19.2 Å². The van der Waals surface area contributed by atoms with Crippen molar-refractivity contribution < 1.29 is 38.1 Å². The van der Waals surface area contributed by atoms with Gasteiger partial charge in [0.05, 0.1) is 27.9 Å². The molecule has 0 bridgehead atoms. The normalized spacial score (nSPS) is 11.1. The van der Waals surface area contributed by atoms with Crippen LogP contribution in [0.4, 0.5) is 0 Å². The minimum absolute atomic E-state index is 0.0170. The molecule has 30 heavy (non-hydrogen) atoms. The Kier molecular flexibility index (Phi) is 9.89. The van der Waals surface area contributed by atoms with Gasteiger partial charge in [0.15, 0.2) is 0 Å². The summed E-state index contributed by atoms with van der Waals surface area (Å²) in [4.78, 5) is 49.7. The van der Waals surface area contributed by atoms with E-state index in [-0.39, 0.29) is 19.6 Å². The number of nitrogens with zero attached hydrogens (tertiary/aromatic N) is 1. The zero-order valence-electron chi connectivity index (χ0n) is 17.4. The molecule has 0 saturated carbocycles. The number of terminal acetylenes is 1. The summed E-state index contributed by atoms with van der Waals surface area (Å²) in [5.74, 6) is -1.27. The van der Waals surface area contributed by atoms with Gasteiger partial charge in [-0.15, -0.1) is 6.42 Å². The molecule has 0 radical (unpaired) electrons. The fourth-order valence-corrected chi connectivity index (χ4v) is 2.60. The number of carbonyl (C=O) groups excluding carboxylic acids is 4. The van der Waals surface area contributed by atoms with E-state index in [1.807, 2.05) is 0 Å². The van der Waals surface area contributed by atoms with Gasteiger partial charge in [0, 0.05) is 19.9 Å². The molecule has 0 saturated heterocycles. The molecular formula is C21H25NO8. The highest BCUT2D eigenvalue weighted by atomic mass is 16.5. The lowest BCUT2D eigenvalue weighted by Crippen LogP contribution is -2.52. The van der Waals surface area contributed by atoms with Crippen LogP contribution in [0.3, 0.4) is 0 Å². The molecular weight excluding hydrogens is 394 g/mol. The number of hydrogen-bond donors (Lipinski definition) is 0. The van der Waals surface area contributed by atoms with Gasteiger partial charge in [0.25, 0.3) is 0 Å². The molecule has 9 nitrogen and oxygen atoms in total. The maximum Gasteiger partial charge on any atom is 0.340 e. The fraction of sp³-hybridized carbons (Fsp3) is 0.429. The summed E-state index contributed by atoms with van der Waals surface area (Å²) in [6, 6.07) is 5.04. The first-order valence-electron chi connectivity index (χ1n) is 8.97. The molecule has 1 rings (SSSR count). The highest BCUT2D eigenvalue weighted by Gasteiger charge is 2.40. The summed E-state index contributed by atoms with van der Waals surface area (Å²) < 4.78 is 19.3. The number of rotatable bonds is 10. The molecule has 162 valence electrons. The molecule has 0 N–H and O–H groups in total. The molecule has 0 aromatic heterocycles. The van der Waals surface area contributed by atoms with Crippen LogP contribution in [0.2, 0.25) is 0 Å². The summed E-state index contributed by atoms with van der Waals surface area (Å²) in [5.41, 5.74) is 0.609. The Morgan fingerprint density at radius 1 is 1.03 bits per heavy atom. The molecule has 9 heteroatoms. The SMILES string of the molecule is C#C[C@@H](CCOC(C)=O)C(=O)N(Cc1ccc(OC)cc1)C(C(=O)OC)C(=O)OC. The summed E-state index contributed by atoms with van der Waals surface area (Å²) >= 11 is 0. The molecule has 0 aliphatic carbocycles. The number of benzene rings is 1. The minimum atomic E-state index is -1.65. The standard InChI is InChI=1S/C21H25NO8/c1-6-16(11-12-30-14(2)23)19(24)22(18(20(25)28-4)21(26)29-5)13-15-7-9-17(27-3)10-8-15/h1,7-10,16,18H,11-13H2,2-5H3/t16-/m0/s1. The van der Waals surface area contributed by atoms with Crippen LogP contribution in [0.1, 0.15) is 18.9 Å². The van der Waals surface area contributed by atoms with Gasteiger partial charge < -0.3 is 23.8 Å². The Balaban J connectivity index is 3.26. The number of ether oxygens (including phenoxy) is 4. The summed E-state index contributed by atoms with van der Waals surface area (Å²) in [7, 11) is 3.69. The number of esters is 3. The van der Waals surface area contributed by atoms with Crippen molar-refractivity contribution in [1.29, 1.82) is 0 Å². The van der Waals surface area contributed by atoms with Crippen LogP contribution in [0.25, 0.3) is 0 Å². The fourth-order valence-electron chi connectivity index (χ4n) is 2.60. The molecule has 1 aromatic rings. The average Bonchev–Trinajstić information content (AvgIpc) is 2.75. The predicted octanol–water partition coefficient (Wildman–Crippen LogP) is 0.941. The molecule has 0 heterocycles. The van der Waals surface area contributed by atoms with Gasteiger partial charge in [0.1, 0.15) is 11.7 Å². The quantitative estimate of drug-likeness (QED) is 0.239. The van der Waals surface area contributed by atoms with Gasteiger partial charge >= 0.3 is 17.9 Å². The number of hydrogen-bond acceptors (Lipinski definition) is 8. The van der Waals surface area contributed by atoms with E-state index in [2.05, 4.69) is 5.92 Å². The third kappa shape index (κ3) is 6.81. The van der Waals surface area contributed by atoms with Crippen molar-refractivity contribution >= 4 is 23.8 Å². The Hall–Kier alpha value is -3.54. The molecule has 1 atom stereocenters. The molecule has 0 unspecified atom stereocenters. The van der Waals surface area contributed by atoms with Gasteiger partial charge in [-0.1, -0.05) is 18.1 Å². The average molecular weight is 419 g/mol. The molecule has 0 aliphatic heterocycles. The molecule has 1 aromatic carbocycles. The second-order valence-electron chi connectivity index (χ2n) is 6.11. The maximum absolute atomic E-state index is 13.2. The Morgan fingerprint density at radius 2 is 1.60 bits per heavy atom. The van der Waals surface area contributed by atoms with Crippen molar-refractivity contribution in [3.05, 3.63) is 29.8 Å². The van der Waals surface area contributed by atoms with Crippen molar-refractivity contribution in [3.63, 3.8) is 0 Å². The van der Waals surface area contributed by atoms with Gasteiger partial charge in [0.2, 0.25) is 11.9 Å².